The van der Waals surface area contributed by atoms with Crippen LogP contribution in [0, 0.1) is 6.92 Å². The fourth-order valence-electron chi connectivity index (χ4n) is 2.14. The van der Waals surface area contributed by atoms with Gasteiger partial charge in [-0.1, -0.05) is 29.8 Å². The number of aromatic nitrogens is 1. The Labute approximate surface area is 126 Å². The normalized spacial score (nSPS) is 10.8. The highest BCUT2D eigenvalue weighted by Crippen LogP contribution is 2.21. The van der Waals surface area contributed by atoms with Crippen LogP contribution >= 0.6 is 11.6 Å². The van der Waals surface area contributed by atoms with Gasteiger partial charge in [0.1, 0.15) is 5.52 Å². The number of nitrogens with zero attached hydrogens (tertiary/aromatic N) is 1. The molecule has 0 fully saturated rings. The molecule has 0 unspecified atom stereocenters. The molecule has 0 spiro atoms. The molecule has 1 N–H and O–H groups in total. The molecule has 1 aromatic heterocycles. The van der Waals surface area contributed by atoms with E-state index in [1.54, 1.807) is 19.1 Å². The highest BCUT2D eigenvalue weighted by Gasteiger charge is 2.09. The number of nitrogens with one attached hydrogen (secondary N) is 1. The van der Waals surface area contributed by atoms with Crippen molar-refractivity contribution in [2.75, 3.05) is 5.32 Å². The number of amides is 1. The fourth-order valence-corrected chi connectivity index (χ4v) is 2.32. The molecule has 0 bridgehead atoms. The van der Waals surface area contributed by atoms with E-state index >= 15 is 0 Å². The molecule has 0 atom stereocenters. The van der Waals surface area contributed by atoms with Crippen LogP contribution in [-0.4, -0.2) is 10.9 Å². The average Bonchev–Trinajstić information content (AvgIpc) is 2.80. The number of para-hydroxylation sites is 1. The van der Waals surface area contributed by atoms with Gasteiger partial charge in [-0.2, -0.15) is 0 Å². The molecule has 106 valence electrons. The number of carbonyl (C=O) groups excluding carboxylic acids is 1. The Balaban J connectivity index is 1.75. The number of halogens is 1. The first-order valence-electron chi connectivity index (χ1n) is 6.52. The summed E-state index contributed by atoms with van der Waals surface area (Å²) in [6.45, 7) is 1.80. The Hall–Kier alpha value is -2.33. The second kappa shape index (κ2) is 5.58. The summed E-state index contributed by atoms with van der Waals surface area (Å²) in [7, 11) is 0. The van der Waals surface area contributed by atoms with Crippen LogP contribution in [0.3, 0.4) is 0 Å². The van der Waals surface area contributed by atoms with E-state index in [4.69, 9.17) is 16.0 Å². The summed E-state index contributed by atoms with van der Waals surface area (Å²) in [6.07, 6.45) is 0.257. The van der Waals surface area contributed by atoms with Crippen LogP contribution in [-0.2, 0) is 11.2 Å². The van der Waals surface area contributed by atoms with Crippen LogP contribution in [0.5, 0.6) is 0 Å². The van der Waals surface area contributed by atoms with Crippen LogP contribution in [0.2, 0.25) is 5.02 Å². The third-order valence-electron chi connectivity index (χ3n) is 3.07. The Morgan fingerprint density at radius 2 is 2.10 bits per heavy atom. The van der Waals surface area contributed by atoms with Gasteiger partial charge in [-0.05, 0) is 29.8 Å². The molecule has 0 aliphatic rings. The zero-order chi connectivity index (χ0) is 14.8. The number of aryl methyl sites for hydroxylation is 1. The molecule has 0 saturated carbocycles. The molecule has 21 heavy (non-hydrogen) atoms. The number of oxazole rings is 1. The molecule has 4 nitrogen and oxygen atoms in total. The average molecular weight is 301 g/mol. The van der Waals surface area contributed by atoms with E-state index in [0.29, 0.717) is 16.6 Å². The summed E-state index contributed by atoms with van der Waals surface area (Å²) in [6, 6.07) is 12.7. The van der Waals surface area contributed by atoms with Crippen molar-refractivity contribution < 1.29 is 9.21 Å². The molecular weight excluding hydrogens is 288 g/mol. The van der Waals surface area contributed by atoms with E-state index in [9.17, 15) is 4.79 Å². The van der Waals surface area contributed by atoms with Gasteiger partial charge < -0.3 is 9.73 Å². The quantitative estimate of drug-likeness (QED) is 0.796. The first-order chi connectivity index (χ1) is 10.1. The number of fused-ring (bicyclic) bond motifs is 1. The van der Waals surface area contributed by atoms with Crippen LogP contribution in [0.4, 0.5) is 5.69 Å². The predicted molar refractivity (Wildman–Crippen MR) is 82.5 cm³/mol. The Morgan fingerprint density at radius 3 is 2.90 bits per heavy atom. The SMILES string of the molecule is Cc1nc2cc(CC(=O)Nc3ccccc3Cl)ccc2o1. The minimum atomic E-state index is -0.123. The number of carbonyl (C=O) groups is 1. The van der Waals surface area contributed by atoms with Crippen LogP contribution < -0.4 is 5.32 Å². The molecule has 0 aliphatic carbocycles. The maximum absolute atomic E-state index is 12.1. The predicted octanol–water partition coefficient (Wildman–Crippen LogP) is 3.97. The highest BCUT2D eigenvalue weighted by molar-refractivity contribution is 6.33. The van der Waals surface area contributed by atoms with Crippen molar-refractivity contribution in [3.05, 3.63) is 58.9 Å². The Bertz CT molecular complexity index is 811. The molecule has 0 aliphatic heterocycles. The standard InChI is InChI=1S/C16H13ClN2O2/c1-10-18-14-8-11(6-7-15(14)21-10)9-16(20)19-13-5-3-2-4-12(13)17/h2-8H,9H2,1H3,(H,19,20). The molecular formula is C16H13ClN2O2. The minimum Gasteiger partial charge on any atom is -0.441 e. The molecule has 2 aromatic carbocycles. The lowest BCUT2D eigenvalue weighted by atomic mass is 10.1. The van der Waals surface area contributed by atoms with Crippen molar-refractivity contribution in [1.82, 2.24) is 4.98 Å². The lowest BCUT2D eigenvalue weighted by Gasteiger charge is -2.06. The van der Waals surface area contributed by atoms with Crippen molar-refractivity contribution in [3.63, 3.8) is 0 Å². The highest BCUT2D eigenvalue weighted by atomic mass is 35.5. The van der Waals surface area contributed by atoms with Gasteiger partial charge in [-0.25, -0.2) is 4.98 Å². The van der Waals surface area contributed by atoms with Crippen molar-refractivity contribution in [1.29, 1.82) is 0 Å². The molecule has 3 rings (SSSR count). The van der Waals surface area contributed by atoms with E-state index in [-0.39, 0.29) is 12.3 Å². The number of rotatable bonds is 3. The number of hydrogen-bond donors (Lipinski definition) is 1. The first-order valence-corrected chi connectivity index (χ1v) is 6.90. The van der Waals surface area contributed by atoms with Gasteiger partial charge in [0.15, 0.2) is 11.5 Å². The molecule has 1 heterocycles. The summed E-state index contributed by atoms with van der Waals surface area (Å²) >= 11 is 6.02. The Kier molecular flexibility index (Phi) is 3.62. The molecule has 5 heteroatoms. The van der Waals surface area contributed by atoms with Gasteiger partial charge in [0, 0.05) is 6.92 Å². The summed E-state index contributed by atoms with van der Waals surface area (Å²) in [5, 5.41) is 3.32. The molecule has 1 amide bonds. The van der Waals surface area contributed by atoms with Crippen LogP contribution in [0.1, 0.15) is 11.5 Å². The van der Waals surface area contributed by atoms with Crippen molar-refractivity contribution in [2.24, 2.45) is 0 Å². The largest absolute Gasteiger partial charge is 0.441 e. The summed E-state index contributed by atoms with van der Waals surface area (Å²) in [5.41, 5.74) is 2.97. The topological polar surface area (TPSA) is 55.1 Å². The summed E-state index contributed by atoms with van der Waals surface area (Å²) < 4.78 is 5.41. The third-order valence-corrected chi connectivity index (χ3v) is 3.40. The second-order valence-corrected chi connectivity index (χ2v) is 5.15. The van der Waals surface area contributed by atoms with Gasteiger partial charge in [-0.3, -0.25) is 4.79 Å². The van der Waals surface area contributed by atoms with Crippen molar-refractivity contribution >= 4 is 34.3 Å². The number of hydrogen-bond acceptors (Lipinski definition) is 3. The lowest BCUT2D eigenvalue weighted by Crippen LogP contribution is -2.14. The summed E-state index contributed by atoms with van der Waals surface area (Å²) in [5.74, 6) is 0.491. The van der Waals surface area contributed by atoms with E-state index in [2.05, 4.69) is 10.3 Å². The second-order valence-electron chi connectivity index (χ2n) is 4.74. The van der Waals surface area contributed by atoms with Crippen molar-refractivity contribution in [2.45, 2.75) is 13.3 Å². The zero-order valence-corrected chi connectivity index (χ0v) is 12.1. The molecule has 3 aromatic rings. The van der Waals surface area contributed by atoms with Crippen molar-refractivity contribution in [3.8, 4) is 0 Å². The Morgan fingerprint density at radius 1 is 1.29 bits per heavy atom. The fraction of sp³-hybridized carbons (Fsp3) is 0.125. The first kappa shape index (κ1) is 13.6. The van der Waals surface area contributed by atoms with Gasteiger partial charge in [0.05, 0.1) is 17.1 Å². The maximum Gasteiger partial charge on any atom is 0.228 e. The number of benzene rings is 2. The van der Waals surface area contributed by atoms with E-state index < -0.39 is 0 Å². The van der Waals surface area contributed by atoms with E-state index in [1.807, 2.05) is 30.3 Å². The smallest absolute Gasteiger partial charge is 0.228 e. The van der Waals surface area contributed by atoms with Crippen LogP contribution in [0.25, 0.3) is 11.1 Å². The van der Waals surface area contributed by atoms with E-state index in [0.717, 1.165) is 16.7 Å². The monoisotopic (exact) mass is 300 g/mol. The van der Waals surface area contributed by atoms with Gasteiger partial charge in [-0.15, -0.1) is 0 Å². The maximum atomic E-state index is 12.1. The minimum absolute atomic E-state index is 0.123. The number of anilines is 1. The van der Waals surface area contributed by atoms with Crippen LogP contribution in [0.15, 0.2) is 46.9 Å². The molecule has 0 saturated heterocycles. The van der Waals surface area contributed by atoms with Gasteiger partial charge >= 0.3 is 0 Å². The van der Waals surface area contributed by atoms with E-state index in [1.165, 1.54) is 0 Å². The zero-order valence-electron chi connectivity index (χ0n) is 11.4. The van der Waals surface area contributed by atoms with Gasteiger partial charge in [0.2, 0.25) is 5.91 Å². The lowest BCUT2D eigenvalue weighted by molar-refractivity contribution is -0.115. The van der Waals surface area contributed by atoms with Gasteiger partial charge in [0.25, 0.3) is 0 Å². The summed E-state index contributed by atoms with van der Waals surface area (Å²) in [4.78, 5) is 16.3. The third kappa shape index (κ3) is 3.06. The molecule has 0 radical (unpaired) electrons.